The Morgan fingerprint density at radius 2 is 1.04 bits per heavy atom. The van der Waals surface area contributed by atoms with E-state index >= 15 is 0 Å². The molecule has 1 aliphatic carbocycles. The molecular weight excluding hydrogens is 352 g/mol. The molecule has 1 aliphatic rings. The second-order valence-electron chi connectivity index (χ2n) is 9.77. The van der Waals surface area contributed by atoms with Crippen LogP contribution in [0.15, 0.2) is 0 Å². The first-order valence-electron chi connectivity index (χ1n) is 11.5. The molecule has 2 atom stereocenters. The van der Waals surface area contributed by atoms with E-state index in [4.69, 9.17) is 9.47 Å². The zero-order valence-corrected chi connectivity index (χ0v) is 19.6. The lowest BCUT2D eigenvalue weighted by Gasteiger charge is -2.61. The number of carbonyl (C=O) groups is 2. The summed E-state index contributed by atoms with van der Waals surface area (Å²) in [7, 11) is 0. The maximum absolute atomic E-state index is 12.7. The van der Waals surface area contributed by atoms with Crippen LogP contribution in [-0.4, -0.2) is 24.1 Å². The van der Waals surface area contributed by atoms with E-state index in [2.05, 4.69) is 13.8 Å². The molecule has 0 radical (unpaired) electrons. The molecule has 4 nitrogen and oxygen atoms in total. The highest BCUT2D eigenvalue weighted by Crippen LogP contribution is 2.57. The van der Waals surface area contributed by atoms with Crippen LogP contribution in [0.3, 0.4) is 0 Å². The van der Waals surface area contributed by atoms with E-state index in [1.54, 1.807) is 0 Å². The molecule has 0 aromatic rings. The first-order valence-corrected chi connectivity index (χ1v) is 11.5. The first kappa shape index (κ1) is 25.0. The molecule has 2 unspecified atom stereocenters. The fourth-order valence-corrected chi connectivity index (χ4v) is 5.01. The maximum Gasteiger partial charge on any atom is 0.309 e. The van der Waals surface area contributed by atoms with E-state index in [-0.39, 0.29) is 46.8 Å². The lowest BCUT2D eigenvalue weighted by atomic mass is 9.51. The Hall–Kier alpha value is -1.06. The van der Waals surface area contributed by atoms with Gasteiger partial charge in [0.1, 0.15) is 12.2 Å². The van der Waals surface area contributed by atoms with E-state index in [9.17, 15) is 9.59 Å². The topological polar surface area (TPSA) is 52.6 Å². The molecule has 1 rings (SSSR count). The highest BCUT2D eigenvalue weighted by molar-refractivity contribution is 5.74. The van der Waals surface area contributed by atoms with E-state index in [0.717, 1.165) is 51.4 Å². The number of rotatable bonds is 12. The number of esters is 2. The van der Waals surface area contributed by atoms with Crippen molar-refractivity contribution in [3.63, 3.8) is 0 Å². The van der Waals surface area contributed by atoms with Gasteiger partial charge in [-0.05, 0) is 25.7 Å². The minimum Gasteiger partial charge on any atom is -0.461 e. The number of hydrogen-bond acceptors (Lipinski definition) is 4. The number of unbranched alkanes of at least 4 members (excludes halogenated alkanes) is 2. The van der Waals surface area contributed by atoms with E-state index < -0.39 is 0 Å². The van der Waals surface area contributed by atoms with Gasteiger partial charge in [-0.2, -0.15) is 0 Å². The van der Waals surface area contributed by atoms with Gasteiger partial charge in [0.2, 0.25) is 0 Å². The molecule has 4 heteroatoms. The molecular formula is C24H44O4. The summed E-state index contributed by atoms with van der Waals surface area (Å²) in [6.45, 7) is 16.6. The van der Waals surface area contributed by atoms with Crippen LogP contribution >= 0.6 is 0 Å². The predicted molar refractivity (Wildman–Crippen MR) is 114 cm³/mol. The Morgan fingerprint density at radius 1 is 0.714 bits per heavy atom. The third-order valence-electron chi connectivity index (χ3n) is 6.64. The minimum absolute atomic E-state index is 0.0355. The maximum atomic E-state index is 12.7. The zero-order chi connectivity index (χ0) is 21.5. The van der Waals surface area contributed by atoms with Crippen molar-refractivity contribution in [3.8, 4) is 0 Å². The van der Waals surface area contributed by atoms with Crippen LogP contribution in [0.25, 0.3) is 0 Å². The highest BCUT2D eigenvalue weighted by atomic mass is 16.6. The SMILES string of the molecule is CCCCC(CC)C(=O)OC1C(C)(C)C(OC(=O)C(CC)CCCC)C1(C)C. The van der Waals surface area contributed by atoms with Gasteiger partial charge in [0.05, 0.1) is 11.8 Å². The summed E-state index contributed by atoms with van der Waals surface area (Å²) in [4.78, 5) is 25.5. The van der Waals surface area contributed by atoms with Crippen LogP contribution in [0.2, 0.25) is 0 Å². The third-order valence-corrected chi connectivity index (χ3v) is 6.64. The zero-order valence-electron chi connectivity index (χ0n) is 19.6. The van der Waals surface area contributed by atoms with Crippen molar-refractivity contribution < 1.29 is 19.1 Å². The lowest BCUT2D eigenvalue weighted by molar-refractivity contribution is -0.271. The van der Waals surface area contributed by atoms with Crippen LogP contribution in [0.1, 0.15) is 107 Å². The molecule has 0 bridgehead atoms. The average molecular weight is 397 g/mol. The van der Waals surface area contributed by atoms with Gasteiger partial charge in [-0.1, -0.05) is 81.1 Å². The van der Waals surface area contributed by atoms with Gasteiger partial charge in [-0.25, -0.2) is 0 Å². The molecule has 0 aromatic heterocycles. The lowest BCUT2D eigenvalue weighted by Crippen LogP contribution is -2.70. The van der Waals surface area contributed by atoms with Crippen LogP contribution in [0.5, 0.6) is 0 Å². The van der Waals surface area contributed by atoms with Crippen molar-refractivity contribution in [3.05, 3.63) is 0 Å². The summed E-state index contributed by atoms with van der Waals surface area (Å²) in [6.07, 6.45) is 7.15. The smallest absolute Gasteiger partial charge is 0.309 e. The summed E-state index contributed by atoms with van der Waals surface area (Å²) in [5.74, 6) is -0.263. The van der Waals surface area contributed by atoms with Gasteiger partial charge in [-0.15, -0.1) is 0 Å². The summed E-state index contributed by atoms with van der Waals surface area (Å²) < 4.78 is 12.0. The molecule has 0 spiro atoms. The van der Waals surface area contributed by atoms with Gasteiger partial charge in [-0.3, -0.25) is 9.59 Å². The van der Waals surface area contributed by atoms with Gasteiger partial charge >= 0.3 is 11.9 Å². The highest BCUT2D eigenvalue weighted by Gasteiger charge is 2.66. The monoisotopic (exact) mass is 396 g/mol. The summed E-state index contributed by atoms with van der Waals surface area (Å²) in [5, 5.41) is 0. The Labute approximate surface area is 173 Å². The molecule has 0 heterocycles. The number of ether oxygens (including phenoxy) is 2. The first-order chi connectivity index (χ1) is 13.1. The second kappa shape index (κ2) is 10.6. The molecule has 0 aromatic carbocycles. The Morgan fingerprint density at radius 3 is 1.29 bits per heavy atom. The minimum atomic E-state index is -0.374. The van der Waals surface area contributed by atoms with Crippen molar-refractivity contribution in [2.75, 3.05) is 0 Å². The standard InChI is InChI=1S/C24H44O4/c1-9-13-15-17(11-3)19(25)27-21-23(5,6)22(24(21,7)8)28-20(26)18(12-4)16-14-10-2/h17-18,21-22H,9-16H2,1-8H3. The molecule has 1 fully saturated rings. The van der Waals surface area contributed by atoms with Crippen LogP contribution in [-0.2, 0) is 19.1 Å². The van der Waals surface area contributed by atoms with Crippen LogP contribution < -0.4 is 0 Å². The number of carbonyl (C=O) groups excluding carboxylic acids is 2. The Bertz CT molecular complexity index is 451. The Balaban J connectivity index is 2.79. The normalized spacial score (nSPS) is 24.7. The fourth-order valence-electron chi connectivity index (χ4n) is 5.01. The summed E-state index contributed by atoms with van der Waals surface area (Å²) in [5.41, 5.74) is -0.748. The quantitative estimate of drug-likeness (QED) is 0.363. The van der Waals surface area contributed by atoms with Crippen molar-refractivity contribution in [2.45, 2.75) is 119 Å². The third kappa shape index (κ3) is 5.51. The Kier molecular flexibility index (Phi) is 9.49. The van der Waals surface area contributed by atoms with E-state index in [0.29, 0.717) is 0 Å². The summed E-state index contributed by atoms with van der Waals surface area (Å²) >= 11 is 0. The van der Waals surface area contributed by atoms with Crippen LogP contribution in [0, 0.1) is 22.7 Å². The fraction of sp³-hybridized carbons (Fsp3) is 0.917. The van der Waals surface area contributed by atoms with E-state index in [1.807, 2.05) is 41.5 Å². The van der Waals surface area contributed by atoms with E-state index in [1.165, 1.54) is 0 Å². The second-order valence-corrected chi connectivity index (χ2v) is 9.77. The summed E-state index contributed by atoms with van der Waals surface area (Å²) in [6, 6.07) is 0. The van der Waals surface area contributed by atoms with Gasteiger partial charge < -0.3 is 9.47 Å². The van der Waals surface area contributed by atoms with Crippen molar-refractivity contribution in [1.29, 1.82) is 0 Å². The van der Waals surface area contributed by atoms with Crippen molar-refractivity contribution >= 4 is 11.9 Å². The number of hydrogen-bond donors (Lipinski definition) is 0. The molecule has 0 saturated heterocycles. The molecule has 0 aliphatic heterocycles. The van der Waals surface area contributed by atoms with Gasteiger partial charge in [0, 0.05) is 10.8 Å². The van der Waals surface area contributed by atoms with Crippen molar-refractivity contribution in [2.24, 2.45) is 22.7 Å². The van der Waals surface area contributed by atoms with Gasteiger partial charge in [0.25, 0.3) is 0 Å². The molecule has 1 saturated carbocycles. The largest absolute Gasteiger partial charge is 0.461 e. The molecule has 0 N–H and O–H groups in total. The molecule has 28 heavy (non-hydrogen) atoms. The van der Waals surface area contributed by atoms with Gasteiger partial charge in [0.15, 0.2) is 0 Å². The molecule has 0 amide bonds. The predicted octanol–water partition coefficient (Wildman–Crippen LogP) is 6.31. The average Bonchev–Trinajstić information content (AvgIpc) is 2.64. The van der Waals surface area contributed by atoms with Crippen LogP contribution in [0.4, 0.5) is 0 Å². The van der Waals surface area contributed by atoms with Crippen molar-refractivity contribution in [1.82, 2.24) is 0 Å². The molecule has 164 valence electrons.